The molecule has 0 saturated carbocycles. The Labute approximate surface area is 63.7 Å². The average Bonchev–Trinajstić information content (AvgIpc) is 2.04. The molecule has 56 valence electrons. The predicted molar refractivity (Wildman–Crippen MR) is 39.2 cm³/mol. The van der Waals surface area contributed by atoms with Crippen LogP contribution in [0.5, 0.6) is 5.75 Å². The standard InChI is InChI=1S/C8H6FNO/c1-2-6-3-4-7(9)5-8(6)11-10/h1,3-5H,10H2. The normalized spacial score (nSPS) is 8.82. The fourth-order valence-electron chi connectivity index (χ4n) is 0.713. The molecule has 0 fully saturated rings. The topological polar surface area (TPSA) is 35.2 Å². The fraction of sp³-hybridized carbons (Fsp3) is 0. The molecule has 0 bridgehead atoms. The Kier molecular flexibility index (Phi) is 2.09. The molecular formula is C8H6FNO. The Hall–Kier alpha value is -1.53. The van der Waals surface area contributed by atoms with E-state index >= 15 is 0 Å². The molecule has 2 N–H and O–H groups in total. The van der Waals surface area contributed by atoms with Gasteiger partial charge < -0.3 is 4.84 Å². The van der Waals surface area contributed by atoms with Gasteiger partial charge in [-0.2, -0.15) is 5.90 Å². The molecule has 0 heterocycles. The summed E-state index contributed by atoms with van der Waals surface area (Å²) in [6.45, 7) is 0. The number of benzene rings is 1. The lowest BCUT2D eigenvalue weighted by atomic mass is 10.2. The largest absolute Gasteiger partial charge is 0.410 e. The number of terminal acetylenes is 1. The maximum atomic E-state index is 12.5. The third-order valence-corrected chi connectivity index (χ3v) is 1.23. The monoisotopic (exact) mass is 151 g/mol. The summed E-state index contributed by atoms with van der Waals surface area (Å²) in [6.07, 6.45) is 5.07. The van der Waals surface area contributed by atoms with Gasteiger partial charge in [0.2, 0.25) is 0 Å². The summed E-state index contributed by atoms with van der Waals surface area (Å²) >= 11 is 0. The van der Waals surface area contributed by atoms with Crippen molar-refractivity contribution >= 4 is 0 Å². The van der Waals surface area contributed by atoms with Crippen LogP contribution in [0.15, 0.2) is 18.2 Å². The second-order valence-corrected chi connectivity index (χ2v) is 1.90. The van der Waals surface area contributed by atoms with E-state index in [-0.39, 0.29) is 5.75 Å². The van der Waals surface area contributed by atoms with E-state index in [1.54, 1.807) is 0 Å². The van der Waals surface area contributed by atoms with Crippen LogP contribution in [0.4, 0.5) is 4.39 Å². The van der Waals surface area contributed by atoms with E-state index in [2.05, 4.69) is 10.8 Å². The Morgan fingerprint density at radius 3 is 2.82 bits per heavy atom. The molecule has 0 unspecified atom stereocenters. The van der Waals surface area contributed by atoms with E-state index in [1.165, 1.54) is 12.1 Å². The number of hydrogen-bond acceptors (Lipinski definition) is 2. The minimum absolute atomic E-state index is 0.174. The fourth-order valence-corrected chi connectivity index (χ4v) is 0.713. The zero-order chi connectivity index (χ0) is 8.27. The highest BCUT2D eigenvalue weighted by molar-refractivity contribution is 5.44. The van der Waals surface area contributed by atoms with Gasteiger partial charge in [0.1, 0.15) is 5.82 Å². The van der Waals surface area contributed by atoms with Gasteiger partial charge in [0, 0.05) is 6.07 Å². The van der Waals surface area contributed by atoms with Crippen LogP contribution < -0.4 is 10.7 Å². The van der Waals surface area contributed by atoms with Crippen molar-refractivity contribution < 1.29 is 9.23 Å². The maximum absolute atomic E-state index is 12.5. The van der Waals surface area contributed by atoms with Gasteiger partial charge in [0.25, 0.3) is 0 Å². The van der Waals surface area contributed by atoms with E-state index in [4.69, 9.17) is 12.3 Å². The summed E-state index contributed by atoms with van der Waals surface area (Å²) in [7, 11) is 0. The van der Waals surface area contributed by atoms with Crippen LogP contribution in [0, 0.1) is 18.2 Å². The first-order chi connectivity index (χ1) is 5.27. The summed E-state index contributed by atoms with van der Waals surface area (Å²) in [5.41, 5.74) is 0.439. The lowest BCUT2D eigenvalue weighted by Gasteiger charge is -2.00. The molecule has 0 saturated heterocycles. The van der Waals surface area contributed by atoms with E-state index < -0.39 is 5.82 Å². The van der Waals surface area contributed by atoms with Gasteiger partial charge in [0.05, 0.1) is 5.56 Å². The summed E-state index contributed by atoms with van der Waals surface area (Å²) < 4.78 is 12.5. The van der Waals surface area contributed by atoms with Crippen molar-refractivity contribution in [3.05, 3.63) is 29.6 Å². The SMILES string of the molecule is C#Cc1ccc(F)cc1ON. The molecule has 0 amide bonds. The summed E-state index contributed by atoms with van der Waals surface area (Å²) in [6, 6.07) is 3.81. The molecule has 11 heavy (non-hydrogen) atoms. The van der Waals surface area contributed by atoms with Gasteiger partial charge >= 0.3 is 0 Å². The van der Waals surface area contributed by atoms with Gasteiger partial charge in [-0.25, -0.2) is 4.39 Å². The Morgan fingerprint density at radius 2 is 2.27 bits per heavy atom. The third kappa shape index (κ3) is 1.48. The third-order valence-electron chi connectivity index (χ3n) is 1.23. The van der Waals surface area contributed by atoms with Crippen LogP contribution in [-0.4, -0.2) is 0 Å². The minimum Gasteiger partial charge on any atom is -0.410 e. The Balaban J connectivity index is 3.19. The molecule has 2 nitrogen and oxygen atoms in total. The minimum atomic E-state index is -0.426. The average molecular weight is 151 g/mol. The molecule has 1 aromatic carbocycles. The molecule has 1 aromatic rings. The zero-order valence-corrected chi connectivity index (χ0v) is 5.67. The van der Waals surface area contributed by atoms with Crippen LogP contribution in [0.2, 0.25) is 0 Å². The summed E-state index contributed by atoms with van der Waals surface area (Å²) in [5, 5.41) is 0. The van der Waals surface area contributed by atoms with Gasteiger partial charge in [0.15, 0.2) is 5.75 Å². The molecular weight excluding hydrogens is 145 g/mol. The first-order valence-corrected chi connectivity index (χ1v) is 2.91. The van der Waals surface area contributed by atoms with Gasteiger partial charge in [-0.1, -0.05) is 5.92 Å². The van der Waals surface area contributed by atoms with E-state index in [0.717, 1.165) is 6.07 Å². The van der Waals surface area contributed by atoms with Crippen LogP contribution in [-0.2, 0) is 0 Å². The van der Waals surface area contributed by atoms with Gasteiger partial charge in [-0.05, 0) is 12.1 Å². The quantitative estimate of drug-likeness (QED) is 0.481. The Morgan fingerprint density at radius 1 is 1.55 bits per heavy atom. The summed E-state index contributed by atoms with van der Waals surface area (Å²) in [4.78, 5) is 4.33. The summed E-state index contributed by atoms with van der Waals surface area (Å²) in [5.74, 6) is 6.88. The van der Waals surface area contributed by atoms with Crippen molar-refractivity contribution in [2.75, 3.05) is 0 Å². The molecule has 0 spiro atoms. The van der Waals surface area contributed by atoms with Crippen molar-refractivity contribution in [2.24, 2.45) is 5.90 Å². The van der Waals surface area contributed by atoms with Crippen LogP contribution >= 0.6 is 0 Å². The predicted octanol–water partition coefficient (Wildman–Crippen LogP) is 1.06. The first kappa shape index (κ1) is 7.58. The van der Waals surface area contributed by atoms with Crippen molar-refractivity contribution in [3.63, 3.8) is 0 Å². The molecule has 1 rings (SSSR count). The molecule has 0 radical (unpaired) electrons. The lowest BCUT2D eigenvalue weighted by molar-refractivity contribution is 0.331. The van der Waals surface area contributed by atoms with E-state index in [1.807, 2.05) is 0 Å². The molecule has 0 aliphatic heterocycles. The van der Waals surface area contributed by atoms with Gasteiger partial charge in [-0.3, -0.25) is 0 Å². The Bertz CT molecular complexity index is 303. The highest BCUT2D eigenvalue weighted by Crippen LogP contribution is 2.16. The van der Waals surface area contributed by atoms with Crippen LogP contribution in [0.3, 0.4) is 0 Å². The molecule has 0 aliphatic rings. The van der Waals surface area contributed by atoms with Crippen LogP contribution in [0.1, 0.15) is 5.56 Å². The molecule has 3 heteroatoms. The molecule has 0 atom stereocenters. The smallest absolute Gasteiger partial charge is 0.165 e. The number of nitrogens with two attached hydrogens (primary N) is 1. The van der Waals surface area contributed by atoms with Crippen LogP contribution in [0.25, 0.3) is 0 Å². The van der Waals surface area contributed by atoms with E-state index in [9.17, 15) is 4.39 Å². The number of hydrogen-bond donors (Lipinski definition) is 1. The van der Waals surface area contributed by atoms with E-state index in [0.29, 0.717) is 5.56 Å². The van der Waals surface area contributed by atoms with Gasteiger partial charge in [-0.15, -0.1) is 6.42 Å². The van der Waals surface area contributed by atoms with Crippen molar-refractivity contribution in [1.29, 1.82) is 0 Å². The second-order valence-electron chi connectivity index (χ2n) is 1.90. The van der Waals surface area contributed by atoms with Crippen molar-refractivity contribution in [3.8, 4) is 18.1 Å². The number of halogens is 1. The number of rotatable bonds is 1. The molecule has 0 aromatic heterocycles. The maximum Gasteiger partial charge on any atom is 0.165 e. The highest BCUT2D eigenvalue weighted by Gasteiger charge is 2.00. The zero-order valence-electron chi connectivity index (χ0n) is 5.67. The van der Waals surface area contributed by atoms with Crippen molar-refractivity contribution in [1.82, 2.24) is 0 Å². The second kappa shape index (κ2) is 3.04. The lowest BCUT2D eigenvalue weighted by Crippen LogP contribution is -2.03. The highest BCUT2D eigenvalue weighted by atomic mass is 19.1. The van der Waals surface area contributed by atoms with Crippen molar-refractivity contribution in [2.45, 2.75) is 0 Å². The first-order valence-electron chi connectivity index (χ1n) is 2.91. The molecule has 0 aliphatic carbocycles.